The first kappa shape index (κ1) is 22.6. The fraction of sp³-hybridized carbons (Fsp3) is 0. The molecule has 0 atom stereocenters. The van der Waals surface area contributed by atoms with E-state index in [1.54, 1.807) is 0 Å². The molecule has 0 aromatic rings. The van der Waals surface area contributed by atoms with Gasteiger partial charge in [0.15, 0.2) is 0 Å². The average Bonchev–Trinajstić information content (AvgIpc) is 1.25. The van der Waals surface area contributed by atoms with Crippen molar-refractivity contribution in [2.75, 3.05) is 0 Å². The van der Waals surface area contributed by atoms with Gasteiger partial charge in [-0.25, -0.2) is 0 Å². The van der Waals surface area contributed by atoms with Gasteiger partial charge >= 0.3 is 75.6 Å². The molecule has 0 aromatic carbocycles. The van der Waals surface area contributed by atoms with Crippen LogP contribution in [0.1, 0.15) is 0 Å². The van der Waals surface area contributed by atoms with Gasteiger partial charge in [0.05, 0.1) is 0 Å². The molecule has 0 rings (SSSR count). The van der Waals surface area contributed by atoms with Gasteiger partial charge in [-0.15, -0.1) is 0 Å². The molecule has 0 saturated heterocycles. The van der Waals surface area contributed by atoms with Crippen molar-refractivity contribution in [3.8, 4) is 0 Å². The minimum atomic E-state index is -3.13. The van der Waals surface area contributed by atoms with Crippen LogP contribution >= 0.6 is 0 Å². The first-order chi connectivity index (χ1) is 3.46. The maximum atomic E-state index is 8.74. The Morgan fingerprint density at radius 3 is 1.00 bits per heavy atom. The molecular formula is H7BNa2O6Si. The summed E-state index contributed by atoms with van der Waals surface area (Å²) in [6, 6.07) is 0. The molecule has 10 heavy (non-hydrogen) atoms. The topological polar surface area (TPSA) is 118 Å². The normalized spacial score (nSPS) is 5.10. The van der Waals surface area contributed by atoms with Crippen LogP contribution in [0, 0.1) is 0 Å². The SMILES string of the molecule is O=[Si](O)O.OB(O)O.[NaH].[NaH]. The van der Waals surface area contributed by atoms with Crippen LogP contribution in [-0.2, 0) is 4.46 Å². The summed E-state index contributed by atoms with van der Waals surface area (Å²) < 4.78 is 8.74. The van der Waals surface area contributed by atoms with Gasteiger partial charge < -0.3 is 24.7 Å². The van der Waals surface area contributed by atoms with E-state index < -0.39 is 16.5 Å². The van der Waals surface area contributed by atoms with Crippen molar-refractivity contribution in [1.29, 1.82) is 0 Å². The van der Waals surface area contributed by atoms with Gasteiger partial charge in [-0.1, -0.05) is 0 Å². The van der Waals surface area contributed by atoms with Gasteiger partial charge in [0.25, 0.3) is 0 Å². The Bertz CT molecular complexity index is 60.0. The quantitative estimate of drug-likeness (QED) is 0.243. The van der Waals surface area contributed by atoms with Gasteiger partial charge in [0, 0.05) is 0 Å². The monoisotopic (exact) mass is 188 g/mol. The van der Waals surface area contributed by atoms with E-state index in [0.717, 1.165) is 0 Å². The van der Waals surface area contributed by atoms with Gasteiger partial charge in [-0.3, -0.25) is 4.46 Å². The Kier molecular flexibility index (Phi) is 38.1. The van der Waals surface area contributed by atoms with Crippen molar-refractivity contribution in [3.63, 3.8) is 0 Å². The van der Waals surface area contributed by atoms with Crippen LogP contribution in [0.3, 0.4) is 0 Å². The molecule has 10 heteroatoms. The van der Waals surface area contributed by atoms with Crippen LogP contribution in [0.2, 0.25) is 0 Å². The molecule has 0 saturated carbocycles. The van der Waals surface area contributed by atoms with Crippen LogP contribution in [-0.4, -0.2) is 100 Å². The molecular weight excluding hydrogens is 181 g/mol. The van der Waals surface area contributed by atoms with Crippen molar-refractivity contribution >= 4 is 75.6 Å². The average molecular weight is 188 g/mol. The summed E-state index contributed by atoms with van der Waals surface area (Å²) >= 11 is 0. The van der Waals surface area contributed by atoms with Crippen molar-refractivity contribution in [2.45, 2.75) is 0 Å². The molecule has 0 amide bonds. The van der Waals surface area contributed by atoms with Gasteiger partial charge in [0.2, 0.25) is 0 Å². The van der Waals surface area contributed by atoms with Gasteiger partial charge in [-0.05, 0) is 0 Å². The van der Waals surface area contributed by atoms with Crippen molar-refractivity contribution < 1.29 is 29.1 Å². The zero-order valence-corrected chi connectivity index (χ0v) is 4.72. The first-order valence-corrected chi connectivity index (χ1v) is 2.73. The van der Waals surface area contributed by atoms with Crippen molar-refractivity contribution in [1.82, 2.24) is 0 Å². The van der Waals surface area contributed by atoms with Crippen molar-refractivity contribution in [3.05, 3.63) is 0 Å². The molecule has 0 bridgehead atoms. The van der Waals surface area contributed by atoms with E-state index in [2.05, 4.69) is 0 Å². The molecule has 5 N–H and O–H groups in total. The molecule has 6 nitrogen and oxygen atoms in total. The third kappa shape index (κ3) is 287. The molecule has 0 aliphatic carbocycles. The fourth-order valence-electron chi connectivity index (χ4n) is 0. The predicted molar refractivity (Wildman–Crippen MR) is 37.6 cm³/mol. The summed E-state index contributed by atoms with van der Waals surface area (Å²) in [6.07, 6.45) is 0. The maximum absolute atomic E-state index is 8.74. The standard InChI is InChI=1S/BH3O3.2Na.H2O3Si.2H/c2-1(3)4;;;1-4(2)3;;/h2-4H;;;1-2H;;. The second-order valence-corrected chi connectivity index (χ2v) is 1.19. The third-order valence-electron chi connectivity index (χ3n) is 0. The van der Waals surface area contributed by atoms with Crippen LogP contribution in [0.15, 0.2) is 0 Å². The van der Waals surface area contributed by atoms with E-state index in [-0.39, 0.29) is 59.1 Å². The minimum absolute atomic E-state index is 0. The van der Waals surface area contributed by atoms with Crippen molar-refractivity contribution in [2.24, 2.45) is 0 Å². The zero-order chi connectivity index (χ0) is 7.15. The zero-order valence-electron chi connectivity index (χ0n) is 3.72. The van der Waals surface area contributed by atoms with E-state index in [4.69, 9.17) is 29.1 Å². The summed E-state index contributed by atoms with van der Waals surface area (Å²) in [4.78, 5) is 14.3. The molecule has 0 aliphatic rings. The molecule has 0 spiro atoms. The first-order valence-electron chi connectivity index (χ1n) is 1.43. The van der Waals surface area contributed by atoms with Crippen LogP contribution < -0.4 is 0 Å². The summed E-state index contributed by atoms with van der Waals surface area (Å²) in [6.45, 7) is 0. The van der Waals surface area contributed by atoms with Gasteiger partial charge in [-0.2, -0.15) is 0 Å². The molecule has 0 radical (unpaired) electrons. The number of rotatable bonds is 0. The van der Waals surface area contributed by atoms with E-state index in [1.807, 2.05) is 0 Å². The van der Waals surface area contributed by atoms with E-state index in [1.165, 1.54) is 0 Å². The second kappa shape index (κ2) is 16.9. The van der Waals surface area contributed by atoms with Crippen LogP contribution in [0.25, 0.3) is 0 Å². The Labute approximate surface area is 104 Å². The Hall–Kier alpha value is 1.56. The summed E-state index contributed by atoms with van der Waals surface area (Å²) in [5.74, 6) is 0. The Balaban J connectivity index is -0.0000000300. The molecule has 0 heterocycles. The van der Waals surface area contributed by atoms with Crippen LogP contribution in [0.4, 0.5) is 0 Å². The van der Waals surface area contributed by atoms with E-state index in [9.17, 15) is 0 Å². The third-order valence-corrected chi connectivity index (χ3v) is 0. The molecule has 0 fully saturated rings. The van der Waals surface area contributed by atoms with Gasteiger partial charge in [0.1, 0.15) is 0 Å². The number of hydrogen-bond donors (Lipinski definition) is 5. The summed E-state index contributed by atoms with van der Waals surface area (Å²) in [7, 11) is -5.30. The molecule has 52 valence electrons. The Morgan fingerprint density at radius 2 is 1.00 bits per heavy atom. The Morgan fingerprint density at radius 1 is 1.00 bits per heavy atom. The molecule has 0 unspecified atom stereocenters. The second-order valence-electron chi connectivity index (χ2n) is 0.629. The summed E-state index contributed by atoms with van der Waals surface area (Å²) in [5.41, 5.74) is 0. The predicted octanol–water partition coefficient (Wildman–Crippen LogP) is -4.96. The molecule has 0 aromatic heterocycles. The fourth-order valence-corrected chi connectivity index (χ4v) is 0. The van der Waals surface area contributed by atoms with Crippen LogP contribution in [0.5, 0.6) is 0 Å². The van der Waals surface area contributed by atoms with E-state index in [0.29, 0.717) is 0 Å². The summed E-state index contributed by atoms with van der Waals surface area (Å²) in [5, 5.41) is 21.5. The number of hydrogen-bond acceptors (Lipinski definition) is 4. The molecule has 0 aliphatic heterocycles. The van der Waals surface area contributed by atoms with E-state index >= 15 is 0 Å².